The van der Waals surface area contributed by atoms with Crippen LogP contribution in [0.25, 0.3) is 6.08 Å². The second-order valence-corrected chi connectivity index (χ2v) is 9.79. The average Bonchev–Trinajstić information content (AvgIpc) is 2.85. The Labute approximate surface area is 203 Å². The number of hydrogen-bond donors (Lipinski definition) is 2. The van der Waals surface area contributed by atoms with Crippen LogP contribution < -0.4 is 20.1 Å². The Morgan fingerprint density at radius 2 is 1.97 bits per heavy atom. The van der Waals surface area contributed by atoms with E-state index in [-0.39, 0.29) is 34.8 Å². The molecule has 180 valence electrons. The van der Waals surface area contributed by atoms with Crippen molar-refractivity contribution >= 4 is 29.7 Å². The Morgan fingerprint density at radius 1 is 1.18 bits per heavy atom. The van der Waals surface area contributed by atoms with Crippen molar-refractivity contribution < 1.29 is 23.5 Å². The van der Waals surface area contributed by atoms with Crippen molar-refractivity contribution in [3.05, 3.63) is 64.3 Å². The first-order valence-corrected chi connectivity index (χ1v) is 12.3. The van der Waals surface area contributed by atoms with Gasteiger partial charge in [-0.25, -0.2) is 4.39 Å². The molecule has 34 heavy (non-hydrogen) atoms. The summed E-state index contributed by atoms with van der Waals surface area (Å²) in [6.07, 6.45) is 4.48. The van der Waals surface area contributed by atoms with Gasteiger partial charge in [0.2, 0.25) is 5.91 Å². The van der Waals surface area contributed by atoms with Gasteiger partial charge in [0.05, 0.1) is 19.1 Å². The first kappa shape index (κ1) is 24.1. The monoisotopic (exact) mass is 484 g/mol. The molecule has 1 saturated carbocycles. The highest BCUT2D eigenvalue weighted by atomic mass is 32.2. The summed E-state index contributed by atoms with van der Waals surface area (Å²) in [5.41, 5.74) is 1.45. The Bertz CT molecular complexity index is 1090. The second kappa shape index (κ2) is 11.0. The van der Waals surface area contributed by atoms with Gasteiger partial charge in [-0.3, -0.25) is 9.59 Å². The molecular formula is C26H29FN2O4S. The summed E-state index contributed by atoms with van der Waals surface area (Å²) in [5, 5.41) is 6.27. The molecule has 0 aromatic heterocycles. The number of ether oxygens (including phenoxy) is 2. The van der Waals surface area contributed by atoms with Gasteiger partial charge in [0.1, 0.15) is 5.82 Å². The number of carbonyl (C=O) groups excluding carboxylic acids is 2. The first-order chi connectivity index (χ1) is 16.5. The van der Waals surface area contributed by atoms with Gasteiger partial charge in [-0.1, -0.05) is 24.3 Å². The van der Waals surface area contributed by atoms with Crippen LogP contribution in [0.3, 0.4) is 0 Å². The average molecular weight is 485 g/mol. The lowest BCUT2D eigenvalue weighted by atomic mass is 9.84. The van der Waals surface area contributed by atoms with E-state index < -0.39 is 0 Å². The number of rotatable bonds is 7. The number of carbonyl (C=O) groups is 2. The Morgan fingerprint density at radius 3 is 2.74 bits per heavy atom. The van der Waals surface area contributed by atoms with Crippen molar-refractivity contribution in [3.8, 4) is 11.5 Å². The van der Waals surface area contributed by atoms with E-state index in [0.717, 1.165) is 18.4 Å². The zero-order valence-electron chi connectivity index (χ0n) is 19.3. The number of hydrogen-bond acceptors (Lipinski definition) is 5. The maximum absolute atomic E-state index is 14.0. The van der Waals surface area contributed by atoms with Gasteiger partial charge < -0.3 is 20.1 Å². The Balaban J connectivity index is 1.29. The molecule has 3 atom stereocenters. The highest BCUT2D eigenvalue weighted by Gasteiger charge is 2.39. The summed E-state index contributed by atoms with van der Waals surface area (Å²) in [5.74, 6) is 0.670. The molecular weight excluding hydrogens is 455 g/mol. The predicted octanol–water partition coefficient (Wildman–Crippen LogP) is 3.94. The summed E-state index contributed by atoms with van der Waals surface area (Å²) < 4.78 is 24.6. The summed E-state index contributed by atoms with van der Waals surface area (Å²) >= 11 is 1.49. The number of nitrogens with one attached hydrogen (secondary N) is 2. The molecule has 1 aliphatic carbocycles. The number of benzene rings is 2. The standard InChI is InChI=1S/C26H29FN2O4S/c1-32-21-9-7-16(13-22(21)33-2)11-12-28-25(30)18-8-10-23-20(14-18)29-26(31)24(34-23)15-17-5-3-4-6-19(17)27/h3-7,9,13,15,18,20,23H,8,10-12,14H2,1-2H3,(H,28,30)(H,29,31)/b24-15+. The lowest BCUT2D eigenvalue weighted by Gasteiger charge is -2.39. The highest BCUT2D eigenvalue weighted by molar-refractivity contribution is 8.04. The lowest BCUT2D eigenvalue weighted by Crippen LogP contribution is -2.51. The molecule has 1 saturated heterocycles. The third-order valence-electron chi connectivity index (χ3n) is 6.33. The van der Waals surface area contributed by atoms with Crippen LogP contribution in [0.2, 0.25) is 0 Å². The molecule has 2 aliphatic rings. The van der Waals surface area contributed by atoms with Gasteiger partial charge in [0.15, 0.2) is 11.5 Å². The fourth-order valence-electron chi connectivity index (χ4n) is 4.47. The number of halogens is 1. The maximum Gasteiger partial charge on any atom is 0.257 e. The minimum absolute atomic E-state index is 0.0193. The predicted molar refractivity (Wildman–Crippen MR) is 131 cm³/mol. The van der Waals surface area contributed by atoms with Crippen LogP contribution >= 0.6 is 11.8 Å². The summed E-state index contributed by atoms with van der Waals surface area (Å²) in [4.78, 5) is 25.9. The zero-order valence-corrected chi connectivity index (χ0v) is 20.1. The van der Waals surface area contributed by atoms with Crippen LogP contribution in [0.5, 0.6) is 11.5 Å². The number of amides is 2. The molecule has 0 bridgehead atoms. The van der Waals surface area contributed by atoms with Crippen molar-refractivity contribution in [2.24, 2.45) is 5.92 Å². The van der Waals surface area contributed by atoms with Gasteiger partial charge >= 0.3 is 0 Å². The number of fused-ring (bicyclic) bond motifs is 1. The van der Waals surface area contributed by atoms with Gasteiger partial charge in [0.25, 0.3) is 5.91 Å². The minimum Gasteiger partial charge on any atom is -0.493 e. The quantitative estimate of drug-likeness (QED) is 0.582. The summed E-state index contributed by atoms with van der Waals surface area (Å²) in [6.45, 7) is 0.523. The maximum atomic E-state index is 14.0. The number of methoxy groups -OCH3 is 2. The molecule has 2 aromatic rings. The third kappa shape index (κ3) is 5.55. The van der Waals surface area contributed by atoms with Crippen LogP contribution in [-0.4, -0.2) is 43.9 Å². The first-order valence-electron chi connectivity index (χ1n) is 11.4. The van der Waals surface area contributed by atoms with Crippen molar-refractivity contribution in [2.75, 3.05) is 20.8 Å². The van der Waals surface area contributed by atoms with E-state index in [1.165, 1.54) is 17.8 Å². The Hall–Kier alpha value is -3.00. The van der Waals surface area contributed by atoms with E-state index in [2.05, 4.69) is 10.6 Å². The zero-order chi connectivity index (χ0) is 24.1. The molecule has 6 nitrogen and oxygen atoms in total. The summed E-state index contributed by atoms with van der Waals surface area (Å²) in [6, 6.07) is 12.1. The van der Waals surface area contributed by atoms with E-state index in [1.54, 1.807) is 38.5 Å². The molecule has 4 rings (SSSR count). The van der Waals surface area contributed by atoms with E-state index in [0.29, 0.717) is 41.4 Å². The van der Waals surface area contributed by atoms with Crippen LogP contribution in [0.1, 0.15) is 30.4 Å². The summed E-state index contributed by atoms with van der Waals surface area (Å²) in [7, 11) is 3.20. The largest absolute Gasteiger partial charge is 0.493 e. The normalized spacial score (nSPS) is 23.1. The van der Waals surface area contributed by atoms with Gasteiger partial charge in [-0.05, 0) is 55.5 Å². The fraction of sp³-hybridized carbons (Fsp3) is 0.385. The molecule has 2 fully saturated rings. The van der Waals surface area contributed by atoms with Crippen molar-refractivity contribution in [1.82, 2.24) is 10.6 Å². The van der Waals surface area contributed by atoms with Crippen molar-refractivity contribution in [3.63, 3.8) is 0 Å². The van der Waals surface area contributed by atoms with E-state index in [1.807, 2.05) is 18.2 Å². The SMILES string of the molecule is COc1ccc(CCNC(=O)C2CCC3S/C(=C/c4ccccc4F)C(=O)NC3C2)cc1OC. The van der Waals surface area contributed by atoms with Crippen LogP contribution in [0, 0.1) is 11.7 Å². The fourth-order valence-corrected chi connectivity index (χ4v) is 5.76. The van der Waals surface area contributed by atoms with E-state index in [4.69, 9.17) is 9.47 Å². The van der Waals surface area contributed by atoms with Gasteiger partial charge in [-0.15, -0.1) is 11.8 Å². The molecule has 3 unspecified atom stereocenters. The van der Waals surface area contributed by atoms with Crippen LogP contribution in [-0.2, 0) is 16.0 Å². The van der Waals surface area contributed by atoms with E-state index >= 15 is 0 Å². The van der Waals surface area contributed by atoms with Crippen molar-refractivity contribution in [2.45, 2.75) is 37.0 Å². The molecule has 0 radical (unpaired) electrons. The molecule has 2 aromatic carbocycles. The Kier molecular flexibility index (Phi) is 7.77. The van der Waals surface area contributed by atoms with Crippen LogP contribution in [0.15, 0.2) is 47.4 Å². The van der Waals surface area contributed by atoms with E-state index in [9.17, 15) is 14.0 Å². The molecule has 1 aliphatic heterocycles. The number of thioether (sulfide) groups is 1. The molecule has 2 amide bonds. The molecule has 0 spiro atoms. The minimum atomic E-state index is -0.348. The topological polar surface area (TPSA) is 76.7 Å². The van der Waals surface area contributed by atoms with Crippen LogP contribution in [0.4, 0.5) is 4.39 Å². The lowest BCUT2D eigenvalue weighted by molar-refractivity contribution is -0.127. The third-order valence-corrected chi connectivity index (χ3v) is 7.75. The molecule has 8 heteroatoms. The second-order valence-electron chi connectivity index (χ2n) is 8.51. The molecule has 1 heterocycles. The van der Waals surface area contributed by atoms with Crippen molar-refractivity contribution in [1.29, 1.82) is 0 Å². The molecule has 2 N–H and O–H groups in total. The highest BCUT2D eigenvalue weighted by Crippen LogP contribution is 2.40. The smallest absolute Gasteiger partial charge is 0.257 e. The van der Waals surface area contributed by atoms with Gasteiger partial charge in [-0.2, -0.15) is 0 Å². The van der Waals surface area contributed by atoms with Gasteiger partial charge in [0, 0.05) is 29.3 Å².